The van der Waals surface area contributed by atoms with Crippen LogP contribution in [0.5, 0.6) is 0 Å². The second-order valence-electron chi connectivity index (χ2n) is 6.64. The first kappa shape index (κ1) is 15.8. The van der Waals surface area contributed by atoms with Gasteiger partial charge in [-0.15, -0.1) is 0 Å². The monoisotopic (exact) mass is 337 g/mol. The molecule has 0 bridgehead atoms. The summed E-state index contributed by atoms with van der Waals surface area (Å²) >= 11 is 0. The summed E-state index contributed by atoms with van der Waals surface area (Å²) in [6.07, 6.45) is 0.399. The smallest absolute Gasteiger partial charge is 0.259 e. The summed E-state index contributed by atoms with van der Waals surface area (Å²) in [4.78, 5) is 24.3. The number of carbonyl (C=O) groups is 1. The van der Waals surface area contributed by atoms with Crippen molar-refractivity contribution in [1.29, 1.82) is 0 Å². The highest BCUT2D eigenvalue weighted by molar-refractivity contribution is 5.79. The fourth-order valence-corrected chi connectivity index (χ4v) is 4.01. The van der Waals surface area contributed by atoms with Crippen molar-refractivity contribution in [3.63, 3.8) is 0 Å². The molecule has 6 nitrogen and oxygen atoms in total. The maximum Gasteiger partial charge on any atom is 0.259 e. The number of benzene rings is 2. The molecule has 1 amide bonds. The van der Waals surface area contributed by atoms with Crippen LogP contribution < -0.4 is 0 Å². The fraction of sp³-hybridized carbons (Fsp3) is 0.316. The van der Waals surface area contributed by atoms with Crippen molar-refractivity contribution in [2.24, 2.45) is 0 Å². The molecular formula is C19H19N3O3. The molecule has 128 valence electrons. The lowest BCUT2D eigenvalue weighted by Crippen LogP contribution is -2.35. The van der Waals surface area contributed by atoms with E-state index in [1.165, 1.54) is 0 Å². The first-order valence-corrected chi connectivity index (χ1v) is 8.41. The molecule has 2 aromatic carbocycles. The van der Waals surface area contributed by atoms with Crippen molar-refractivity contribution in [2.45, 2.75) is 31.5 Å². The van der Waals surface area contributed by atoms with Crippen LogP contribution in [0.4, 0.5) is 0 Å². The number of nitro groups is 1. The molecule has 2 saturated heterocycles. The predicted molar refractivity (Wildman–Crippen MR) is 92.1 cm³/mol. The van der Waals surface area contributed by atoms with Gasteiger partial charge in [0.05, 0.1) is 0 Å². The molecule has 2 heterocycles. The summed E-state index contributed by atoms with van der Waals surface area (Å²) in [5.41, 5.74) is 2.77. The number of hydrazine groups is 1. The zero-order valence-corrected chi connectivity index (χ0v) is 13.9. The summed E-state index contributed by atoms with van der Waals surface area (Å²) in [7, 11) is 0. The van der Waals surface area contributed by atoms with Crippen molar-refractivity contribution >= 4 is 5.91 Å². The average molecular weight is 337 g/mol. The number of nitrogens with zero attached hydrogens (tertiary/aromatic N) is 3. The fourth-order valence-electron chi connectivity index (χ4n) is 4.01. The van der Waals surface area contributed by atoms with E-state index in [0.717, 1.165) is 16.7 Å². The molecule has 0 aromatic heterocycles. The Bertz CT molecular complexity index is 806. The highest BCUT2D eigenvalue weighted by atomic mass is 16.6. The highest BCUT2D eigenvalue weighted by Gasteiger charge is 2.59. The molecule has 2 fully saturated rings. The van der Waals surface area contributed by atoms with Gasteiger partial charge < -0.3 is 0 Å². The maximum atomic E-state index is 12.5. The summed E-state index contributed by atoms with van der Waals surface area (Å²) in [6, 6.07) is 15.2. The lowest BCUT2D eigenvalue weighted by Gasteiger charge is -2.26. The topological polar surface area (TPSA) is 66.7 Å². The van der Waals surface area contributed by atoms with Crippen LogP contribution >= 0.6 is 0 Å². The normalized spacial score (nSPS) is 26.0. The molecule has 0 saturated carbocycles. The summed E-state index contributed by atoms with van der Waals surface area (Å²) in [5.74, 6) is -0.0455. The number of amides is 1. The summed E-state index contributed by atoms with van der Waals surface area (Å²) in [6.45, 7) is 2.49. The summed E-state index contributed by atoms with van der Waals surface area (Å²) in [5, 5.41) is 15.5. The molecule has 2 aliphatic rings. The van der Waals surface area contributed by atoms with E-state index >= 15 is 0 Å². The van der Waals surface area contributed by atoms with Crippen LogP contribution in [-0.2, 0) is 4.79 Å². The Morgan fingerprint density at radius 1 is 1.00 bits per heavy atom. The first-order chi connectivity index (χ1) is 12.1. The van der Waals surface area contributed by atoms with Gasteiger partial charge >= 0.3 is 0 Å². The van der Waals surface area contributed by atoms with Crippen LogP contribution in [0.3, 0.4) is 0 Å². The van der Waals surface area contributed by atoms with Crippen LogP contribution in [0.2, 0.25) is 0 Å². The molecule has 0 spiro atoms. The largest absolute Gasteiger partial charge is 0.273 e. The third-order valence-electron chi connectivity index (χ3n) is 5.12. The van der Waals surface area contributed by atoms with Crippen LogP contribution in [0.15, 0.2) is 54.6 Å². The highest BCUT2D eigenvalue weighted by Crippen LogP contribution is 2.48. The Kier molecular flexibility index (Phi) is 3.77. The Morgan fingerprint density at radius 3 is 2.28 bits per heavy atom. The number of hydrogen-bond acceptors (Lipinski definition) is 4. The molecule has 6 heteroatoms. The van der Waals surface area contributed by atoms with Crippen LogP contribution in [0, 0.1) is 17.0 Å². The minimum absolute atomic E-state index is 0.0455. The van der Waals surface area contributed by atoms with Gasteiger partial charge in [-0.2, -0.15) is 0 Å². The van der Waals surface area contributed by atoms with Gasteiger partial charge in [-0.1, -0.05) is 60.2 Å². The molecule has 4 rings (SSSR count). The number of hydrogen-bond donors (Lipinski definition) is 0. The quantitative estimate of drug-likeness (QED) is 0.638. The molecule has 2 aromatic rings. The van der Waals surface area contributed by atoms with Gasteiger partial charge in [0, 0.05) is 17.9 Å². The molecular weight excluding hydrogens is 318 g/mol. The second-order valence-corrected chi connectivity index (χ2v) is 6.64. The minimum atomic E-state index is -0.894. The maximum absolute atomic E-state index is 12.5. The number of aryl methyl sites for hydroxylation is 1. The molecule has 25 heavy (non-hydrogen) atoms. The number of fused-ring (bicyclic) bond motifs is 1. The Morgan fingerprint density at radius 2 is 1.64 bits per heavy atom. The molecule has 2 aliphatic heterocycles. The lowest BCUT2D eigenvalue weighted by molar-refractivity contribution is -0.530. The minimum Gasteiger partial charge on any atom is -0.273 e. The third kappa shape index (κ3) is 2.49. The zero-order chi connectivity index (χ0) is 17.6. The van der Waals surface area contributed by atoms with Crippen molar-refractivity contribution in [2.75, 3.05) is 6.54 Å². The zero-order valence-electron chi connectivity index (χ0n) is 13.9. The van der Waals surface area contributed by atoms with E-state index in [4.69, 9.17) is 0 Å². The standard InChI is InChI=1S/C19H19N3O3/c1-13-7-9-15(10-8-13)18-19(22(24)25)17(14-5-3-2-4-6-14)20-12-11-16(23)21(18)20/h2-10,17-19H,11-12H2,1H3/t17-,18-,19+/m0/s1. The summed E-state index contributed by atoms with van der Waals surface area (Å²) < 4.78 is 0. The van der Waals surface area contributed by atoms with Crippen molar-refractivity contribution in [3.05, 3.63) is 81.4 Å². The molecule has 3 atom stereocenters. The van der Waals surface area contributed by atoms with E-state index in [1.807, 2.05) is 66.5 Å². The van der Waals surface area contributed by atoms with E-state index in [9.17, 15) is 14.9 Å². The van der Waals surface area contributed by atoms with Gasteiger partial charge in [-0.3, -0.25) is 19.9 Å². The predicted octanol–water partition coefficient (Wildman–Crippen LogP) is 2.89. The van der Waals surface area contributed by atoms with Gasteiger partial charge in [0.15, 0.2) is 0 Å². The second kappa shape index (κ2) is 5.97. The van der Waals surface area contributed by atoms with Crippen LogP contribution in [0.1, 0.15) is 35.2 Å². The molecule has 0 radical (unpaired) electrons. The van der Waals surface area contributed by atoms with Crippen LogP contribution in [-0.4, -0.2) is 33.4 Å². The van der Waals surface area contributed by atoms with Crippen molar-refractivity contribution in [3.8, 4) is 0 Å². The Hall–Kier alpha value is -2.73. The molecule has 0 unspecified atom stereocenters. The van der Waals surface area contributed by atoms with E-state index in [0.29, 0.717) is 13.0 Å². The lowest BCUT2D eigenvalue weighted by atomic mass is 9.91. The van der Waals surface area contributed by atoms with Gasteiger partial charge in [-0.25, -0.2) is 5.01 Å². The van der Waals surface area contributed by atoms with Crippen LogP contribution in [0.25, 0.3) is 0 Å². The van der Waals surface area contributed by atoms with E-state index in [2.05, 4.69) is 0 Å². The van der Waals surface area contributed by atoms with Crippen molar-refractivity contribution in [1.82, 2.24) is 10.0 Å². The third-order valence-corrected chi connectivity index (χ3v) is 5.12. The first-order valence-electron chi connectivity index (χ1n) is 8.41. The van der Waals surface area contributed by atoms with Gasteiger partial charge in [-0.05, 0) is 18.1 Å². The van der Waals surface area contributed by atoms with E-state index in [1.54, 1.807) is 5.01 Å². The van der Waals surface area contributed by atoms with Gasteiger partial charge in [0.2, 0.25) is 5.91 Å². The number of carbonyl (C=O) groups excluding carboxylic acids is 1. The molecule has 0 N–H and O–H groups in total. The Balaban J connectivity index is 1.85. The Labute approximate surface area is 145 Å². The number of rotatable bonds is 3. The van der Waals surface area contributed by atoms with E-state index < -0.39 is 18.1 Å². The van der Waals surface area contributed by atoms with Gasteiger partial charge in [0.25, 0.3) is 6.04 Å². The van der Waals surface area contributed by atoms with E-state index in [-0.39, 0.29) is 10.8 Å². The molecule has 0 aliphatic carbocycles. The SMILES string of the molecule is Cc1ccc([C@H]2[C@H]([N+](=O)[O-])[C@H](c3ccccc3)N3CCC(=O)N23)cc1. The van der Waals surface area contributed by atoms with Gasteiger partial charge in [0.1, 0.15) is 12.1 Å². The average Bonchev–Trinajstić information content (AvgIpc) is 3.14. The van der Waals surface area contributed by atoms with Crippen molar-refractivity contribution < 1.29 is 9.72 Å².